The van der Waals surface area contributed by atoms with Crippen LogP contribution in [0.15, 0.2) is 58.3 Å². The molecule has 0 radical (unpaired) electrons. The van der Waals surface area contributed by atoms with Gasteiger partial charge in [0.15, 0.2) is 0 Å². The number of hydrogen-bond acceptors (Lipinski definition) is 8. The fourth-order valence-corrected chi connectivity index (χ4v) is 4.12. The second-order valence-corrected chi connectivity index (χ2v) is 7.57. The molecule has 0 heterocycles. The molecule has 128 valence electrons. The fraction of sp³-hybridized carbons (Fsp3) is 0. The Bertz CT molecular complexity index is 954. The third-order valence-corrected chi connectivity index (χ3v) is 5.51. The highest BCUT2D eigenvalue weighted by atomic mass is 32.2. The zero-order chi connectivity index (χ0) is 17.8. The highest BCUT2D eigenvalue weighted by molar-refractivity contribution is 7.90. The van der Waals surface area contributed by atoms with Crippen LogP contribution in [-0.4, -0.2) is 16.8 Å². The normalized spacial score (nSPS) is 12.6. The first-order chi connectivity index (χ1) is 11.3. The van der Waals surface area contributed by atoms with Gasteiger partial charge in [0.1, 0.15) is 9.79 Å². The van der Waals surface area contributed by atoms with Crippen molar-refractivity contribution in [1.82, 2.24) is 0 Å². The van der Waals surface area contributed by atoms with E-state index < -0.39 is 30.0 Å². The third kappa shape index (κ3) is 3.87. The Morgan fingerprint density at radius 1 is 0.750 bits per heavy atom. The SMILES string of the molecule is NOS(=O)(=O)c1cccc(C=Cc2ccccc2)c1S(=O)(=O)ON. The van der Waals surface area contributed by atoms with Gasteiger partial charge in [0, 0.05) is 0 Å². The second-order valence-electron chi connectivity index (χ2n) is 4.52. The first-order valence-electron chi connectivity index (χ1n) is 6.45. The van der Waals surface area contributed by atoms with Crippen LogP contribution in [0, 0.1) is 0 Å². The van der Waals surface area contributed by atoms with Crippen LogP contribution in [0.3, 0.4) is 0 Å². The van der Waals surface area contributed by atoms with Gasteiger partial charge in [-0.2, -0.15) is 37.2 Å². The van der Waals surface area contributed by atoms with E-state index in [1.165, 1.54) is 18.2 Å². The van der Waals surface area contributed by atoms with Crippen molar-refractivity contribution >= 4 is 32.4 Å². The van der Waals surface area contributed by atoms with Crippen LogP contribution in [0.5, 0.6) is 0 Å². The minimum atomic E-state index is -4.55. The smallest absolute Gasteiger partial charge is 0.197 e. The van der Waals surface area contributed by atoms with Crippen molar-refractivity contribution in [1.29, 1.82) is 0 Å². The molecular weight excluding hydrogens is 356 g/mol. The van der Waals surface area contributed by atoms with E-state index in [-0.39, 0.29) is 5.56 Å². The van der Waals surface area contributed by atoms with Crippen molar-refractivity contribution in [2.24, 2.45) is 11.8 Å². The molecule has 2 aromatic rings. The topological polar surface area (TPSA) is 139 Å². The minimum absolute atomic E-state index is 0.0439. The lowest BCUT2D eigenvalue weighted by Crippen LogP contribution is -2.19. The predicted molar refractivity (Wildman–Crippen MR) is 86.7 cm³/mol. The monoisotopic (exact) mass is 370 g/mol. The molecule has 0 fully saturated rings. The fourth-order valence-electron chi connectivity index (χ4n) is 1.98. The maximum absolute atomic E-state index is 12.1. The maximum Gasteiger partial charge on any atom is 0.314 e. The zero-order valence-corrected chi connectivity index (χ0v) is 13.8. The molecule has 0 saturated carbocycles. The second kappa shape index (κ2) is 7.21. The van der Waals surface area contributed by atoms with Gasteiger partial charge in [0.05, 0.1) is 0 Å². The molecule has 0 aromatic heterocycles. The van der Waals surface area contributed by atoms with Crippen molar-refractivity contribution in [2.75, 3.05) is 0 Å². The van der Waals surface area contributed by atoms with Crippen molar-refractivity contribution in [3.8, 4) is 0 Å². The number of benzene rings is 2. The van der Waals surface area contributed by atoms with E-state index in [0.717, 1.165) is 11.6 Å². The summed E-state index contributed by atoms with van der Waals surface area (Å²) < 4.78 is 55.8. The van der Waals surface area contributed by atoms with Gasteiger partial charge in [-0.25, -0.2) is 0 Å². The largest absolute Gasteiger partial charge is 0.314 e. The molecule has 2 aromatic carbocycles. The van der Waals surface area contributed by atoms with Crippen LogP contribution >= 0.6 is 0 Å². The van der Waals surface area contributed by atoms with Gasteiger partial charge >= 0.3 is 20.2 Å². The van der Waals surface area contributed by atoms with E-state index >= 15 is 0 Å². The summed E-state index contributed by atoms with van der Waals surface area (Å²) >= 11 is 0. The van der Waals surface area contributed by atoms with E-state index in [2.05, 4.69) is 8.57 Å². The van der Waals surface area contributed by atoms with Crippen LogP contribution in [0.2, 0.25) is 0 Å². The summed E-state index contributed by atoms with van der Waals surface area (Å²) in [6.07, 6.45) is 3.02. The summed E-state index contributed by atoms with van der Waals surface area (Å²) in [7, 11) is -9.04. The molecule has 10 heteroatoms. The summed E-state index contributed by atoms with van der Waals surface area (Å²) in [6, 6.07) is 12.7. The first-order valence-corrected chi connectivity index (χ1v) is 9.26. The summed E-state index contributed by atoms with van der Waals surface area (Å²) in [6.45, 7) is 0. The van der Waals surface area contributed by atoms with Crippen LogP contribution in [0.1, 0.15) is 11.1 Å². The van der Waals surface area contributed by atoms with Crippen LogP contribution < -0.4 is 11.8 Å². The van der Waals surface area contributed by atoms with Crippen molar-refractivity contribution in [3.63, 3.8) is 0 Å². The van der Waals surface area contributed by atoms with Crippen LogP contribution in [0.25, 0.3) is 12.2 Å². The lowest BCUT2D eigenvalue weighted by atomic mass is 10.1. The van der Waals surface area contributed by atoms with E-state index in [1.807, 2.05) is 6.07 Å². The molecule has 0 unspecified atom stereocenters. The van der Waals surface area contributed by atoms with Crippen molar-refractivity contribution < 1.29 is 25.4 Å². The molecular formula is C14H14N2O6S2. The van der Waals surface area contributed by atoms with Crippen LogP contribution in [-0.2, 0) is 28.8 Å². The summed E-state index contributed by atoms with van der Waals surface area (Å²) in [4.78, 5) is -1.34. The lowest BCUT2D eigenvalue weighted by molar-refractivity contribution is 0.323. The molecule has 0 saturated heterocycles. The Hall–Kier alpha value is -2.08. The minimum Gasteiger partial charge on any atom is -0.197 e. The Morgan fingerprint density at radius 2 is 1.38 bits per heavy atom. The van der Waals surface area contributed by atoms with Crippen LogP contribution in [0.4, 0.5) is 0 Å². The average molecular weight is 370 g/mol. The van der Waals surface area contributed by atoms with Gasteiger partial charge in [0.25, 0.3) is 0 Å². The highest BCUT2D eigenvalue weighted by Gasteiger charge is 2.29. The van der Waals surface area contributed by atoms with Gasteiger partial charge in [-0.1, -0.05) is 54.6 Å². The van der Waals surface area contributed by atoms with Gasteiger partial charge < -0.3 is 0 Å². The third-order valence-electron chi connectivity index (χ3n) is 3.04. The molecule has 2 rings (SSSR count). The van der Waals surface area contributed by atoms with E-state index in [9.17, 15) is 16.8 Å². The molecule has 0 amide bonds. The average Bonchev–Trinajstić information content (AvgIpc) is 2.60. The zero-order valence-electron chi connectivity index (χ0n) is 12.2. The number of nitrogens with two attached hydrogens (primary N) is 2. The van der Waals surface area contributed by atoms with Gasteiger partial charge in [-0.15, -0.1) is 0 Å². The summed E-state index contributed by atoms with van der Waals surface area (Å²) in [5.41, 5.74) is 0.820. The predicted octanol–water partition coefficient (Wildman–Crippen LogP) is 1.02. The molecule has 0 spiro atoms. The molecule has 0 aliphatic carbocycles. The number of hydrogen-bond donors (Lipinski definition) is 2. The van der Waals surface area contributed by atoms with Gasteiger partial charge in [-0.05, 0) is 17.2 Å². The van der Waals surface area contributed by atoms with E-state index in [1.54, 1.807) is 30.3 Å². The number of rotatable bonds is 6. The summed E-state index contributed by atoms with van der Waals surface area (Å²) in [5, 5.41) is 0. The molecule has 24 heavy (non-hydrogen) atoms. The Kier molecular flexibility index (Phi) is 5.49. The Morgan fingerprint density at radius 3 is 1.96 bits per heavy atom. The molecule has 0 bridgehead atoms. The molecule has 0 aliphatic heterocycles. The van der Waals surface area contributed by atoms with Gasteiger partial charge in [-0.3, -0.25) is 0 Å². The first kappa shape index (κ1) is 18.3. The van der Waals surface area contributed by atoms with E-state index in [4.69, 9.17) is 11.8 Å². The Labute approximate surface area is 139 Å². The molecule has 4 N–H and O–H groups in total. The van der Waals surface area contributed by atoms with Gasteiger partial charge in [0.2, 0.25) is 0 Å². The Balaban J connectivity index is 2.69. The van der Waals surface area contributed by atoms with Crippen molar-refractivity contribution in [3.05, 3.63) is 59.7 Å². The molecule has 0 atom stereocenters. The maximum atomic E-state index is 12.1. The molecule has 0 aliphatic rings. The lowest BCUT2D eigenvalue weighted by Gasteiger charge is -2.10. The quantitative estimate of drug-likeness (QED) is 0.567. The summed E-state index contributed by atoms with van der Waals surface area (Å²) in [5.74, 6) is 9.52. The highest BCUT2D eigenvalue weighted by Crippen LogP contribution is 2.28. The molecule has 8 nitrogen and oxygen atoms in total. The van der Waals surface area contributed by atoms with E-state index in [0.29, 0.717) is 0 Å². The van der Waals surface area contributed by atoms with Crippen molar-refractivity contribution in [2.45, 2.75) is 9.79 Å². The standard InChI is InChI=1S/C14H14N2O6S2/c15-21-23(17,18)13-8-4-7-12(14(13)24(19,20)22-16)10-9-11-5-2-1-3-6-11/h1-10H,15-16H2.